The molecule has 1 amide bonds. The van der Waals surface area contributed by atoms with Crippen LogP contribution in [0, 0.1) is 0 Å². The third-order valence-electron chi connectivity index (χ3n) is 3.95. The Balaban J connectivity index is 1.84. The molecule has 1 aromatic heterocycles. The van der Waals surface area contributed by atoms with E-state index >= 15 is 0 Å². The molecule has 0 bridgehead atoms. The highest BCUT2D eigenvalue weighted by molar-refractivity contribution is 6.30. The number of amides is 1. The minimum Gasteiger partial charge on any atom is -0.352 e. The van der Waals surface area contributed by atoms with Gasteiger partial charge >= 0.3 is 0 Å². The Morgan fingerprint density at radius 2 is 1.96 bits per heavy atom. The topological polar surface area (TPSA) is 46.9 Å². The predicted octanol–water partition coefficient (Wildman–Crippen LogP) is 3.97. The van der Waals surface area contributed by atoms with Crippen molar-refractivity contribution in [3.63, 3.8) is 0 Å². The Labute approximate surface area is 152 Å². The second-order valence-electron chi connectivity index (χ2n) is 5.77. The molecular weight excluding hydrogens is 334 g/mol. The normalized spacial score (nSPS) is 11.3. The van der Waals surface area contributed by atoms with Crippen molar-refractivity contribution in [3.05, 3.63) is 77.1 Å². The first kappa shape index (κ1) is 17.2. The number of fused-ring (bicyclic) bond motifs is 1. The van der Waals surface area contributed by atoms with E-state index in [0.29, 0.717) is 13.0 Å². The van der Waals surface area contributed by atoms with Crippen LogP contribution >= 0.6 is 11.6 Å². The summed E-state index contributed by atoms with van der Waals surface area (Å²) in [5, 5.41) is 3.61. The summed E-state index contributed by atoms with van der Waals surface area (Å²) in [6.07, 6.45) is 3.92. The molecule has 0 aliphatic carbocycles. The molecule has 1 heterocycles. The first-order valence-corrected chi connectivity index (χ1v) is 8.64. The van der Waals surface area contributed by atoms with Crippen LogP contribution in [0.1, 0.15) is 18.3 Å². The van der Waals surface area contributed by atoms with Crippen molar-refractivity contribution in [1.29, 1.82) is 0 Å². The summed E-state index contributed by atoms with van der Waals surface area (Å²) in [5.74, 6) is 0.875. The second kappa shape index (κ2) is 7.99. The SMILES string of the molecule is C/C=C/C(=O)NCCc1nc2ccccc2n1Cc1ccc(Cl)cc1. The lowest BCUT2D eigenvalue weighted by Gasteiger charge is -2.10. The number of para-hydroxylation sites is 2. The monoisotopic (exact) mass is 353 g/mol. The maximum Gasteiger partial charge on any atom is 0.243 e. The summed E-state index contributed by atoms with van der Waals surface area (Å²) < 4.78 is 2.19. The number of rotatable bonds is 6. The minimum atomic E-state index is -0.0807. The summed E-state index contributed by atoms with van der Waals surface area (Å²) in [4.78, 5) is 16.3. The van der Waals surface area contributed by atoms with Crippen molar-refractivity contribution in [1.82, 2.24) is 14.9 Å². The molecule has 0 unspecified atom stereocenters. The van der Waals surface area contributed by atoms with Gasteiger partial charge in [0.2, 0.25) is 5.91 Å². The van der Waals surface area contributed by atoms with E-state index in [4.69, 9.17) is 16.6 Å². The number of hydrogen-bond acceptors (Lipinski definition) is 2. The van der Waals surface area contributed by atoms with E-state index in [-0.39, 0.29) is 5.91 Å². The lowest BCUT2D eigenvalue weighted by atomic mass is 10.2. The molecule has 2 aromatic carbocycles. The largest absolute Gasteiger partial charge is 0.352 e. The van der Waals surface area contributed by atoms with Crippen LogP contribution in [0.15, 0.2) is 60.7 Å². The Kier molecular flexibility index (Phi) is 5.51. The van der Waals surface area contributed by atoms with Crippen molar-refractivity contribution < 1.29 is 4.79 Å². The summed E-state index contributed by atoms with van der Waals surface area (Å²) in [6.45, 7) is 3.09. The zero-order valence-corrected chi connectivity index (χ0v) is 14.8. The molecule has 5 heteroatoms. The van der Waals surface area contributed by atoms with Gasteiger partial charge in [0.25, 0.3) is 0 Å². The summed E-state index contributed by atoms with van der Waals surface area (Å²) in [7, 11) is 0. The first-order valence-electron chi connectivity index (χ1n) is 8.26. The number of imidazole rings is 1. The van der Waals surface area contributed by atoms with Crippen LogP contribution in [0.3, 0.4) is 0 Å². The van der Waals surface area contributed by atoms with Crippen LogP contribution < -0.4 is 5.32 Å². The van der Waals surface area contributed by atoms with Crippen LogP contribution in [0.4, 0.5) is 0 Å². The number of aromatic nitrogens is 2. The van der Waals surface area contributed by atoms with Gasteiger partial charge in [-0.25, -0.2) is 4.98 Å². The van der Waals surface area contributed by atoms with Gasteiger partial charge < -0.3 is 9.88 Å². The second-order valence-corrected chi connectivity index (χ2v) is 6.21. The molecule has 0 radical (unpaired) electrons. The third-order valence-corrected chi connectivity index (χ3v) is 4.21. The number of halogens is 1. The third kappa shape index (κ3) is 4.28. The summed E-state index contributed by atoms with van der Waals surface area (Å²) in [6, 6.07) is 15.9. The molecule has 3 aromatic rings. The van der Waals surface area contributed by atoms with E-state index in [9.17, 15) is 4.79 Å². The zero-order valence-electron chi connectivity index (χ0n) is 14.1. The molecule has 0 spiro atoms. The van der Waals surface area contributed by atoms with E-state index in [2.05, 4.69) is 16.0 Å². The molecule has 128 valence electrons. The number of nitrogens with one attached hydrogen (secondary N) is 1. The van der Waals surface area contributed by atoms with Gasteiger partial charge in [-0.1, -0.05) is 41.9 Å². The van der Waals surface area contributed by atoms with Gasteiger partial charge in [0.1, 0.15) is 5.82 Å². The fraction of sp³-hybridized carbons (Fsp3) is 0.200. The van der Waals surface area contributed by atoms with Crippen LogP contribution in [0.5, 0.6) is 0 Å². The summed E-state index contributed by atoms with van der Waals surface area (Å²) in [5.41, 5.74) is 3.21. The fourth-order valence-electron chi connectivity index (χ4n) is 2.77. The van der Waals surface area contributed by atoms with Crippen LogP contribution in [-0.2, 0) is 17.8 Å². The molecule has 25 heavy (non-hydrogen) atoms. The Morgan fingerprint density at radius 1 is 1.20 bits per heavy atom. The Hall–Kier alpha value is -2.59. The maximum absolute atomic E-state index is 11.6. The molecule has 0 saturated carbocycles. The average molecular weight is 354 g/mol. The van der Waals surface area contributed by atoms with Crippen LogP contribution in [0.25, 0.3) is 11.0 Å². The van der Waals surface area contributed by atoms with E-state index < -0.39 is 0 Å². The fourth-order valence-corrected chi connectivity index (χ4v) is 2.90. The number of carbonyl (C=O) groups is 1. The molecule has 0 aliphatic heterocycles. The van der Waals surface area contributed by atoms with Gasteiger partial charge in [0.05, 0.1) is 11.0 Å². The maximum atomic E-state index is 11.6. The molecule has 4 nitrogen and oxygen atoms in total. The number of nitrogens with zero attached hydrogens (tertiary/aromatic N) is 2. The number of hydrogen-bond donors (Lipinski definition) is 1. The molecular formula is C20H20ClN3O. The molecule has 3 rings (SSSR count). The molecule has 0 saturated heterocycles. The van der Waals surface area contributed by atoms with Crippen molar-refractivity contribution in [3.8, 4) is 0 Å². The van der Waals surface area contributed by atoms with Gasteiger partial charge in [0, 0.05) is 24.5 Å². The average Bonchev–Trinajstić information content (AvgIpc) is 2.95. The van der Waals surface area contributed by atoms with Gasteiger partial charge in [-0.05, 0) is 42.8 Å². The van der Waals surface area contributed by atoms with Crippen molar-refractivity contribution in [2.45, 2.75) is 19.9 Å². The molecule has 0 atom stereocenters. The highest BCUT2D eigenvalue weighted by Crippen LogP contribution is 2.19. The minimum absolute atomic E-state index is 0.0807. The molecule has 1 N–H and O–H groups in total. The van der Waals surface area contributed by atoms with Gasteiger partial charge in [0.15, 0.2) is 0 Å². The highest BCUT2D eigenvalue weighted by atomic mass is 35.5. The zero-order chi connectivity index (χ0) is 17.6. The van der Waals surface area contributed by atoms with Gasteiger partial charge in [-0.15, -0.1) is 0 Å². The van der Waals surface area contributed by atoms with E-state index in [1.165, 1.54) is 6.08 Å². The van der Waals surface area contributed by atoms with Crippen LogP contribution in [0.2, 0.25) is 5.02 Å². The standard InChI is InChI=1S/C20H20ClN3O/c1-2-5-20(25)22-13-12-19-23-17-6-3-4-7-18(17)24(19)14-15-8-10-16(21)11-9-15/h2-11H,12-14H2,1H3,(H,22,25)/b5-2+. The lowest BCUT2D eigenvalue weighted by molar-refractivity contribution is -0.116. The molecule has 0 fully saturated rings. The highest BCUT2D eigenvalue weighted by Gasteiger charge is 2.11. The van der Waals surface area contributed by atoms with Crippen molar-refractivity contribution >= 4 is 28.5 Å². The first-order chi connectivity index (χ1) is 12.2. The van der Waals surface area contributed by atoms with Crippen LogP contribution in [-0.4, -0.2) is 22.0 Å². The van der Waals surface area contributed by atoms with E-state index in [1.54, 1.807) is 6.08 Å². The quantitative estimate of drug-likeness (QED) is 0.681. The Morgan fingerprint density at radius 3 is 2.72 bits per heavy atom. The van der Waals surface area contributed by atoms with Crippen molar-refractivity contribution in [2.24, 2.45) is 0 Å². The Bertz CT molecular complexity index is 897. The smallest absolute Gasteiger partial charge is 0.243 e. The van der Waals surface area contributed by atoms with E-state index in [0.717, 1.165) is 34.0 Å². The van der Waals surface area contributed by atoms with E-state index in [1.807, 2.05) is 49.4 Å². The summed E-state index contributed by atoms with van der Waals surface area (Å²) >= 11 is 5.98. The molecule has 0 aliphatic rings. The van der Waals surface area contributed by atoms with Gasteiger partial charge in [-0.3, -0.25) is 4.79 Å². The lowest BCUT2D eigenvalue weighted by Crippen LogP contribution is -2.24. The van der Waals surface area contributed by atoms with Crippen molar-refractivity contribution in [2.75, 3.05) is 6.54 Å². The van der Waals surface area contributed by atoms with Gasteiger partial charge in [-0.2, -0.15) is 0 Å². The number of allylic oxidation sites excluding steroid dienone is 1. The predicted molar refractivity (Wildman–Crippen MR) is 102 cm³/mol. The number of carbonyl (C=O) groups excluding carboxylic acids is 1. The number of benzene rings is 2.